The number of ether oxygens (including phenoxy) is 2. The van der Waals surface area contributed by atoms with Crippen LogP contribution in [0.2, 0.25) is 0 Å². The van der Waals surface area contributed by atoms with Crippen molar-refractivity contribution < 1.29 is 22.6 Å². The molecule has 1 aliphatic carbocycles. The average Bonchev–Trinajstić information content (AvgIpc) is 2.72. The van der Waals surface area contributed by atoms with Gasteiger partial charge in [0.15, 0.2) is 23.6 Å². The summed E-state index contributed by atoms with van der Waals surface area (Å²) in [5.41, 5.74) is -0.820. The van der Waals surface area contributed by atoms with Gasteiger partial charge >= 0.3 is 0 Å². The third kappa shape index (κ3) is 5.64. The summed E-state index contributed by atoms with van der Waals surface area (Å²) in [5, 5.41) is 0. The van der Waals surface area contributed by atoms with Crippen LogP contribution in [0.5, 0.6) is 0 Å². The lowest BCUT2D eigenvalue weighted by atomic mass is 9.77. The quantitative estimate of drug-likeness (QED) is 0.485. The molecule has 1 saturated carbocycles. The van der Waals surface area contributed by atoms with Crippen LogP contribution in [0.15, 0.2) is 18.2 Å². The molecular weight excluding hydrogens is 377 g/mol. The SMILES string of the molecule is CCCC1CCC(c2ccc(C=CC3OCC(F)(CCC)CO3)c(F)c2F)CC1. The van der Waals surface area contributed by atoms with E-state index in [-0.39, 0.29) is 24.7 Å². The normalized spacial score (nSPS) is 30.7. The van der Waals surface area contributed by atoms with Gasteiger partial charge in [-0.3, -0.25) is 0 Å². The van der Waals surface area contributed by atoms with Crippen molar-refractivity contribution in [2.75, 3.05) is 13.2 Å². The van der Waals surface area contributed by atoms with Gasteiger partial charge in [0.2, 0.25) is 0 Å². The number of alkyl halides is 1. The van der Waals surface area contributed by atoms with Gasteiger partial charge in [0.05, 0.1) is 13.2 Å². The molecule has 2 aliphatic rings. The van der Waals surface area contributed by atoms with Crippen LogP contribution in [0.4, 0.5) is 13.2 Å². The van der Waals surface area contributed by atoms with Gasteiger partial charge in [-0.1, -0.05) is 51.3 Å². The van der Waals surface area contributed by atoms with E-state index in [2.05, 4.69) is 6.92 Å². The van der Waals surface area contributed by atoms with Crippen molar-refractivity contribution in [2.24, 2.45) is 5.92 Å². The maximum Gasteiger partial charge on any atom is 0.177 e. The van der Waals surface area contributed by atoms with Gasteiger partial charge in [0, 0.05) is 5.56 Å². The lowest BCUT2D eigenvalue weighted by Crippen LogP contribution is -2.43. The van der Waals surface area contributed by atoms with Gasteiger partial charge in [-0.2, -0.15) is 0 Å². The largest absolute Gasteiger partial charge is 0.346 e. The summed E-state index contributed by atoms with van der Waals surface area (Å²) < 4.78 is 54.5. The second-order valence-corrected chi connectivity index (χ2v) is 8.63. The van der Waals surface area contributed by atoms with E-state index < -0.39 is 23.6 Å². The Labute approximate surface area is 172 Å². The maximum atomic E-state index is 14.7. The second-order valence-electron chi connectivity index (χ2n) is 8.63. The molecule has 0 N–H and O–H groups in total. The average molecular weight is 411 g/mol. The number of hydrogen-bond acceptors (Lipinski definition) is 2. The molecule has 1 aromatic carbocycles. The predicted molar refractivity (Wildman–Crippen MR) is 109 cm³/mol. The molecule has 3 rings (SSSR count). The summed E-state index contributed by atoms with van der Waals surface area (Å²) in [5.74, 6) is -0.766. The van der Waals surface area contributed by atoms with Crippen LogP contribution in [-0.2, 0) is 9.47 Å². The third-order valence-electron chi connectivity index (χ3n) is 6.27. The van der Waals surface area contributed by atoms with E-state index in [1.54, 1.807) is 12.1 Å². The zero-order chi connectivity index (χ0) is 20.9. The van der Waals surface area contributed by atoms with Crippen LogP contribution in [0, 0.1) is 17.6 Å². The molecule has 29 heavy (non-hydrogen) atoms. The van der Waals surface area contributed by atoms with Gasteiger partial charge in [0.1, 0.15) is 0 Å². The van der Waals surface area contributed by atoms with Crippen molar-refractivity contribution in [2.45, 2.75) is 83.1 Å². The number of benzene rings is 1. The monoisotopic (exact) mass is 410 g/mol. The third-order valence-corrected chi connectivity index (χ3v) is 6.27. The highest BCUT2D eigenvalue weighted by atomic mass is 19.2. The van der Waals surface area contributed by atoms with Crippen LogP contribution in [-0.4, -0.2) is 25.2 Å². The van der Waals surface area contributed by atoms with E-state index in [1.807, 2.05) is 6.92 Å². The first-order valence-corrected chi connectivity index (χ1v) is 11.0. The molecule has 0 unspecified atom stereocenters. The Morgan fingerprint density at radius 3 is 2.31 bits per heavy atom. The highest BCUT2D eigenvalue weighted by Gasteiger charge is 2.35. The minimum Gasteiger partial charge on any atom is -0.346 e. The standard InChI is InChI=1S/C24H33F3O2/c1-3-5-17-6-8-18(9-7-17)20-12-10-19(22(25)23(20)26)11-13-21-28-15-24(27,14-4-2)16-29-21/h10-13,17-18,21H,3-9,14-16H2,1-2H3. The first-order chi connectivity index (χ1) is 14.0. The van der Waals surface area contributed by atoms with Crippen molar-refractivity contribution in [3.8, 4) is 0 Å². The smallest absolute Gasteiger partial charge is 0.177 e. The fraction of sp³-hybridized carbons (Fsp3) is 0.667. The van der Waals surface area contributed by atoms with Crippen LogP contribution in [0.1, 0.15) is 82.3 Å². The molecule has 0 spiro atoms. The van der Waals surface area contributed by atoms with E-state index in [4.69, 9.17) is 9.47 Å². The number of halogens is 3. The molecule has 162 valence electrons. The summed E-state index contributed by atoms with van der Waals surface area (Å²) in [6.45, 7) is 4.00. The van der Waals surface area contributed by atoms with E-state index in [1.165, 1.54) is 25.0 Å². The van der Waals surface area contributed by atoms with Crippen molar-refractivity contribution in [1.82, 2.24) is 0 Å². The molecule has 2 nitrogen and oxygen atoms in total. The zero-order valence-corrected chi connectivity index (χ0v) is 17.6. The van der Waals surface area contributed by atoms with Gasteiger partial charge in [-0.15, -0.1) is 0 Å². The molecule has 1 saturated heterocycles. The maximum absolute atomic E-state index is 14.7. The van der Waals surface area contributed by atoms with Gasteiger partial charge in [-0.25, -0.2) is 13.2 Å². The molecule has 1 aliphatic heterocycles. The predicted octanol–water partition coefficient (Wildman–Crippen LogP) is 6.93. The Bertz CT molecular complexity index is 688. The molecule has 1 aromatic rings. The summed E-state index contributed by atoms with van der Waals surface area (Å²) in [6.07, 6.45) is 9.73. The Morgan fingerprint density at radius 2 is 1.69 bits per heavy atom. The Kier molecular flexibility index (Phi) is 7.80. The molecule has 2 fully saturated rings. The fourth-order valence-electron chi connectivity index (χ4n) is 4.63. The minimum atomic E-state index is -1.46. The highest BCUT2D eigenvalue weighted by molar-refractivity contribution is 5.52. The molecule has 0 atom stereocenters. The van der Waals surface area contributed by atoms with E-state index in [9.17, 15) is 13.2 Å². The lowest BCUT2D eigenvalue weighted by molar-refractivity contribution is -0.212. The van der Waals surface area contributed by atoms with Crippen molar-refractivity contribution in [3.63, 3.8) is 0 Å². The number of rotatable bonds is 7. The molecule has 0 amide bonds. The summed E-state index contributed by atoms with van der Waals surface area (Å²) in [6, 6.07) is 3.32. The van der Waals surface area contributed by atoms with Crippen molar-refractivity contribution >= 4 is 6.08 Å². The molecule has 0 bridgehead atoms. The molecule has 1 heterocycles. The van der Waals surface area contributed by atoms with E-state index in [0.29, 0.717) is 18.4 Å². The first kappa shape index (κ1) is 22.4. The van der Waals surface area contributed by atoms with Gasteiger partial charge < -0.3 is 9.47 Å². The van der Waals surface area contributed by atoms with Gasteiger partial charge in [-0.05, 0) is 55.6 Å². The van der Waals surface area contributed by atoms with Crippen LogP contribution >= 0.6 is 0 Å². The first-order valence-electron chi connectivity index (χ1n) is 11.0. The number of hydrogen-bond donors (Lipinski definition) is 0. The zero-order valence-electron chi connectivity index (χ0n) is 17.6. The lowest BCUT2D eigenvalue weighted by Gasteiger charge is -2.32. The Balaban J connectivity index is 1.61. The highest BCUT2D eigenvalue weighted by Crippen LogP contribution is 2.39. The van der Waals surface area contributed by atoms with E-state index in [0.717, 1.165) is 31.6 Å². The molecular formula is C24H33F3O2. The topological polar surface area (TPSA) is 18.5 Å². The van der Waals surface area contributed by atoms with Crippen LogP contribution < -0.4 is 0 Å². The summed E-state index contributed by atoms with van der Waals surface area (Å²) in [4.78, 5) is 0. The van der Waals surface area contributed by atoms with Crippen LogP contribution in [0.25, 0.3) is 6.08 Å². The fourth-order valence-corrected chi connectivity index (χ4v) is 4.63. The van der Waals surface area contributed by atoms with Gasteiger partial charge in [0.25, 0.3) is 0 Å². The Morgan fingerprint density at radius 1 is 1.00 bits per heavy atom. The van der Waals surface area contributed by atoms with Crippen molar-refractivity contribution in [3.05, 3.63) is 41.0 Å². The van der Waals surface area contributed by atoms with E-state index >= 15 is 0 Å². The van der Waals surface area contributed by atoms with Crippen LogP contribution in [0.3, 0.4) is 0 Å². The Hall–Kier alpha value is -1.33. The minimum absolute atomic E-state index is 0.0493. The molecule has 0 aromatic heterocycles. The summed E-state index contributed by atoms with van der Waals surface area (Å²) >= 11 is 0. The second kappa shape index (κ2) is 10.1. The summed E-state index contributed by atoms with van der Waals surface area (Å²) in [7, 11) is 0. The molecule has 5 heteroatoms. The molecule has 0 radical (unpaired) electrons. The van der Waals surface area contributed by atoms with Crippen molar-refractivity contribution in [1.29, 1.82) is 0 Å².